The molecule has 174 valence electrons. The molecular weight excluding hydrogens is 469 g/mol. The Bertz CT molecular complexity index is 1270. The Hall–Kier alpha value is -3.35. The molecule has 0 atom stereocenters. The van der Waals surface area contributed by atoms with Gasteiger partial charge in [-0.25, -0.2) is 4.39 Å². The van der Waals surface area contributed by atoms with E-state index in [4.69, 9.17) is 11.6 Å². The summed E-state index contributed by atoms with van der Waals surface area (Å²) in [6, 6.07) is 23.9. The monoisotopic (exact) mass is 493 g/mol. The first kappa shape index (κ1) is 23.8. The molecule has 0 fully saturated rings. The minimum absolute atomic E-state index is 0.158. The molecule has 0 radical (unpaired) electrons. The highest BCUT2D eigenvalue weighted by molar-refractivity contribution is 7.16. The van der Waals surface area contributed by atoms with Gasteiger partial charge in [-0.15, -0.1) is 11.3 Å². The van der Waals surface area contributed by atoms with Gasteiger partial charge in [-0.3, -0.25) is 4.79 Å². The number of hydrogen-bond donors (Lipinski definition) is 2. The van der Waals surface area contributed by atoms with Crippen LogP contribution in [0, 0.1) is 5.82 Å². The average molecular weight is 494 g/mol. The highest BCUT2D eigenvalue weighted by Crippen LogP contribution is 2.38. The van der Waals surface area contributed by atoms with Crippen molar-refractivity contribution < 1.29 is 9.18 Å². The molecule has 1 aromatic heterocycles. The van der Waals surface area contributed by atoms with Crippen LogP contribution in [0.3, 0.4) is 0 Å². The van der Waals surface area contributed by atoms with Gasteiger partial charge in [0.15, 0.2) is 0 Å². The van der Waals surface area contributed by atoms with E-state index in [2.05, 4.69) is 16.7 Å². The maximum atomic E-state index is 13.2. The Kier molecular flexibility index (Phi) is 7.50. The van der Waals surface area contributed by atoms with E-state index in [0.29, 0.717) is 12.2 Å². The highest BCUT2D eigenvalue weighted by Gasteiger charge is 2.16. The van der Waals surface area contributed by atoms with E-state index in [0.717, 1.165) is 37.3 Å². The second-order valence-corrected chi connectivity index (χ2v) is 9.89. The summed E-state index contributed by atoms with van der Waals surface area (Å²) in [6.07, 6.45) is 0.158. The van der Waals surface area contributed by atoms with Crippen LogP contribution in [0.25, 0.3) is 11.1 Å². The van der Waals surface area contributed by atoms with Gasteiger partial charge in [0.05, 0.1) is 27.8 Å². The molecule has 0 saturated carbocycles. The Labute approximate surface area is 208 Å². The minimum atomic E-state index is -0.320. The Morgan fingerprint density at radius 1 is 0.971 bits per heavy atom. The third kappa shape index (κ3) is 5.95. The molecule has 34 heavy (non-hydrogen) atoms. The molecule has 7 heteroatoms. The first-order chi connectivity index (χ1) is 16.4. The van der Waals surface area contributed by atoms with E-state index < -0.39 is 0 Å². The summed E-state index contributed by atoms with van der Waals surface area (Å²) in [5.74, 6) is -0.485. The van der Waals surface area contributed by atoms with Crippen LogP contribution in [0.15, 0.2) is 78.9 Å². The smallest absolute Gasteiger partial charge is 0.228 e. The third-order valence-electron chi connectivity index (χ3n) is 5.34. The number of carbonyl (C=O) groups is 1. The van der Waals surface area contributed by atoms with E-state index in [1.54, 1.807) is 23.5 Å². The van der Waals surface area contributed by atoms with E-state index >= 15 is 0 Å². The summed E-state index contributed by atoms with van der Waals surface area (Å²) in [5, 5.41) is 6.59. The van der Waals surface area contributed by atoms with Crippen molar-refractivity contribution in [2.75, 3.05) is 29.6 Å². The summed E-state index contributed by atoms with van der Waals surface area (Å²) < 4.78 is 14.0. The van der Waals surface area contributed by atoms with Crippen molar-refractivity contribution in [2.24, 2.45) is 0 Å². The Balaban J connectivity index is 1.66. The van der Waals surface area contributed by atoms with Crippen LogP contribution < -0.4 is 15.5 Å². The largest absolute Gasteiger partial charge is 0.378 e. The number of carbonyl (C=O) groups excluding carboxylic acids is 1. The summed E-state index contributed by atoms with van der Waals surface area (Å²) in [6.45, 7) is 0.642. The Morgan fingerprint density at radius 3 is 2.35 bits per heavy atom. The van der Waals surface area contributed by atoms with Crippen molar-refractivity contribution in [2.45, 2.75) is 13.0 Å². The molecule has 0 aliphatic rings. The third-order valence-corrected chi connectivity index (χ3v) is 6.57. The van der Waals surface area contributed by atoms with Crippen LogP contribution in [-0.4, -0.2) is 20.0 Å². The van der Waals surface area contributed by atoms with E-state index in [1.165, 1.54) is 12.1 Å². The molecule has 1 heterocycles. The quantitative estimate of drug-likeness (QED) is 0.276. The average Bonchev–Trinajstić information content (AvgIpc) is 3.25. The van der Waals surface area contributed by atoms with Gasteiger partial charge in [-0.2, -0.15) is 0 Å². The van der Waals surface area contributed by atoms with Crippen LogP contribution in [0.2, 0.25) is 4.34 Å². The minimum Gasteiger partial charge on any atom is -0.378 e. The number of thiophene rings is 1. The molecule has 0 aliphatic heterocycles. The zero-order valence-corrected chi connectivity index (χ0v) is 20.5. The molecule has 0 aliphatic carbocycles. The lowest BCUT2D eigenvalue weighted by molar-refractivity contribution is -0.115. The summed E-state index contributed by atoms with van der Waals surface area (Å²) >= 11 is 7.63. The zero-order chi connectivity index (χ0) is 24.1. The predicted molar refractivity (Wildman–Crippen MR) is 142 cm³/mol. The van der Waals surface area contributed by atoms with Crippen molar-refractivity contribution in [1.29, 1.82) is 0 Å². The number of nitrogens with zero attached hydrogens (tertiary/aromatic N) is 1. The fourth-order valence-electron chi connectivity index (χ4n) is 3.67. The number of rotatable bonds is 8. The molecular formula is C27H25ClFN3OS. The van der Waals surface area contributed by atoms with Gasteiger partial charge < -0.3 is 15.5 Å². The second kappa shape index (κ2) is 10.7. The number of benzene rings is 3. The fourth-order valence-corrected chi connectivity index (χ4v) is 4.70. The molecule has 0 unspecified atom stereocenters. The van der Waals surface area contributed by atoms with Gasteiger partial charge >= 0.3 is 0 Å². The van der Waals surface area contributed by atoms with Crippen LogP contribution >= 0.6 is 22.9 Å². The van der Waals surface area contributed by atoms with Crippen LogP contribution in [0.4, 0.5) is 21.5 Å². The highest BCUT2D eigenvalue weighted by atomic mass is 35.5. The van der Waals surface area contributed by atoms with Crippen molar-refractivity contribution in [3.8, 4) is 11.1 Å². The molecule has 2 N–H and O–H groups in total. The number of hydrogen-bond acceptors (Lipinski definition) is 4. The van der Waals surface area contributed by atoms with Crippen molar-refractivity contribution in [3.05, 3.63) is 99.5 Å². The van der Waals surface area contributed by atoms with E-state index in [-0.39, 0.29) is 18.1 Å². The first-order valence-electron chi connectivity index (χ1n) is 10.8. The van der Waals surface area contributed by atoms with E-state index in [1.807, 2.05) is 67.5 Å². The van der Waals surface area contributed by atoms with Gasteiger partial charge in [0.25, 0.3) is 0 Å². The first-order valence-corrected chi connectivity index (χ1v) is 12.0. The molecule has 0 bridgehead atoms. The Morgan fingerprint density at radius 2 is 1.71 bits per heavy atom. The maximum Gasteiger partial charge on any atom is 0.228 e. The molecule has 0 saturated heterocycles. The number of halogens is 2. The maximum absolute atomic E-state index is 13.2. The topological polar surface area (TPSA) is 44.4 Å². The van der Waals surface area contributed by atoms with Crippen molar-refractivity contribution >= 4 is 45.9 Å². The summed E-state index contributed by atoms with van der Waals surface area (Å²) in [7, 11) is 3.93. The summed E-state index contributed by atoms with van der Waals surface area (Å²) in [5.41, 5.74) is 5.26. The number of nitrogens with one attached hydrogen (secondary N) is 2. The van der Waals surface area contributed by atoms with Crippen molar-refractivity contribution in [3.63, 3.8) is 0 Å². The van der Waals surface area contributed by atoms with Gasteiger partial charge in [-0.1, -0.05) is 54.1 Å². The van der Waals surface area contributed by atoms with Gasteiger partial charge in [0.2, 0.25) is 5.91 Å². The van der Waals surface area contributed by atoms with Gasteiger partial charge in [0.1, 0.15) is 5.82 Å². The lowest BCUT2D eigenvalue weighted by Gasteiger charge is -2.23. The lowest BCUT2D eigenvalue weighted by Crippen LogP contribution is -2.17. The predicted octanol–water partition coefficient (Wildman–Crippen LogP) is 7.07. The number of anilines is 3. The molecule has 3 aromatic carbocycles. The zero-order valence-electron chi connectivity index (χ0n) is 18.9. The van der Waals surface area contributed by atoms with Gasteiger partial charge in [0, 0.05) is 31.1 Å². The second-order valence-electron chi connectivity index (χ2n) is 8.09. The standard InChI is InChI=1S/C27H25ClFN3OS/c1-32(2)25-16-23(31-27(33)14-18-8-10-20(29)11-9-18)22(19-6-4-3-5-7-19)15-24(25)30-17-21-12-13-26(28)34-21/h3-13,15-16,30H,14,17H2,1-2H3,(H,31,33). The van der Waals surface area contributed by atoms with Crippen LogP contribution in [-0.2, 0) is 17.8 Å². The summed E-state index contributed by atoms with van der Waals surface area (Å²) in [4.78, 5) is 16.0. The number of amides is 1. The lowest BCUT2D eigenvalue weighted by atomic mass is 10.0. The van der Waals surface area contributed by atoms with Crippen LogP contribution in [0.1, 0.15) is 10.4 Å². The fraction of sp³-hybridized carbons (Fsp3) is 0.148. The normalized spacial score (nSPS) is 10.7. The van der Waals surface area contributed by atoms with Gasteiger partial charge in [-0.05, 0) is 47.5 Å². The molecule has 4 nitrogen and oxygen atoms in total. The van der Waals surface area contributed by atoms with E-state index in [9.17, 15) is 9.18 Å². The molecule has 0 spiro atoms. The SMILES string of the molecule is CN(C)c1cc(NC(=O)Cc2ccc(F)cc2)c(-c2ccccc2)cc1NCc1ccc(Cl)s1. The van der Waals surface area contributed by atoms with Crippen LogP contribution in [0.5, 0.6) is 0 Å². The molecule has 1 amide bonds. The van der Waals surface area contributed by atoms with Crippen molar-refractivity contribution in [1.82, 2.24) is 0 Å². The molecule has 4 aromatic rings. The molecule has 4 rings (SSSR count).